The summed E-state index contributed by atoms with van der Waals surface area (Å²) in [6, 6.07) is 4.97. The predicted molar refractivity (Wildman–Crippen MR) is 190 cm³/mol. The summed E-state index contributed by atoms with van der Waals surface area (Å²) in [5, 5.41) is 0. The first kappa shape index (κ1) is 31.6. The molecule has 0 nitrogen and oxygen atoms in total. The molecule has 38 heavy (non-hydrogen) atoms. The van der Waals surface area contributed by atoms with Gasteiger partial charge in [-0.25, -0.2) is 0 Å². The Morgan fingerprint density at radius 3 is 1.29 bits per heavy atom. The maximum absolute atomic E-state index is 2.59. The third-order valence-corrected chi connectivity index (χ3v) is 31.3. The van der Waals surface area contributed by atoms with Crippen molar-refractivity contribution in [3.8, 4) is 0 Å². The zero-order chi connectivity index (χ0) is 27.5. The Morgan fingerprint density at radius 1 is 0.553 bits per heavy atom. The van der Waals surface area contributed by atoms with Crippen LogP contribution in [0, 0.1) is 0 Å². The molecular formula is C32H48S4Sn2. The average Bonchev–Trinajstić information content (AvgIpc) is 3.57. The van der Waals surface area contributed by atoms with Crippen LogP contribution in [0.3, 0.4) is 0 Å². The number of rotatable bonds is 14. The van der Waals surface area contributed by atoms with E-state index in [1.165, 1.54) is 74.0 Å². The van der Waals surface area contributed by atoms with Crippen LogP contribution in [-0.2, 0) is 12.8 Å². The summed E-state index contributed by atoms with van der Waals surface area (Å²) < 4.78 is 9.94. The molecule has 4 heterocycles. The molecule has 0 atom stereocenters. The second kappa shape index (κ2) is 13.8. The van der Waals surface area contributed by atoms with E-state index in [2.05, 4.69) is 113 Å². The van der Waals surface area contributed by atoms with Gasteiger partial charge in [-0.3, -0.25) is 0 Å². The zero-order valence-corrected chi connectivity index (χ0v) is 34.0. The molecule has 0 N–H and O–H groups in total. The molecule has 0 aliphatic heterocycles. The van der Waals surface area contributed by atoms with Crippen molar-refractivity contribution in [2.24, 2.45) is 0 Å². The standard InChI is InChI=1S/C26H30S4.6CH3.2Sn/c1-3-5-7-9-11-19-17-27-23-15-21(29-25(19)23)13-14-22-16-24-26(30-22)20(18-28-24)12-10-8-6-4-2;;;;;;;;/h13-16H,3-12H2,1-2H3;6*1H3;;/b14-13+;;;;;;;;. The number of hydrogen-bond acceptors (Lipinski definition) is 4. The van der Waals surface area contributed by atoms with Crippen LogP contribution in [0.15, 0.2) is 12.1 Å². The fourth-order valence-corrected chi connectivity index (χ4v) is 25.0. The Kier molecular flexibility index (Phi) is 11.4. The van der Waals surface area contributed by atoms with Crippen molar-refractivity contribution in [3.63, 3.8) is 0 Å². The Labute approximate surface area is 256 Å². The van der Waals surface area contributed by atoms with Gasteiger partial charge in [-0.2, -0.15) is 0 Å². The van der Waals surface area contributed by atoms with Crippen molar-refractivity contribution in [2.75, 3.05) is 0 Å². The van der Waals surface area contributed by atoms with Crippen LogP contribution in [0.2, 0.25) is 29.6 Å². The van der Waals surface area contributed by atoms with Crippen molar-refractivity contribution in [1.82, 2.24) is 0 Å². The Hall–Kier alpha value is 0.657. The predicted octanol–water partition coefficient (Wildman–Crippen LogP) is 11.7. The minimum atomic E-state index is -2.11. The van der Waals surface area contributed by atoms with Gasteiger partial charge in [0, 0.05) is 0 Å². The van der Waals surface area contributed by atoms with Gasteiger partial charge in [-0.05, 0) is 0 Å². The molecule has 4 rings (SSSR count). The van der Waals surface area contributed by atoms with E-state index in [9.17, 15) is 0 Å². The summed E-state index contributed by atoms with van der Waals surface area (Å²) in [6.45, 7) is 4.63. The first-order chi connectivity index (χ1) is 18.0. The number of fused-ring (bicyclic) bond motifs is 2. The van der Waals surface area contributed by atoms with Crippen LogP contribution >= 0.6 is 45.3 Å². The van der Waals surface area contributed by atoms with E-state index < -0.39 is 36.8 Å². The van der Waals surface area contributed by atoms with Gasteiger partial charge in [-0.15, -0.1) is 0 Å². The van der Waals surface area contributed by atoms with Gasteiger partial charge in [0.05, 0.1) is 0 Å². The molecule has 4 aromatic heterocycles. The molecule has 0 saturated heterocycles. The molecule has 6 heteroatoms. The van der Waals surface area contributed by atoms with Crippen LogP contribution in [0.1, 0.15) is 86.1 Å². The first-order valence-corrected chi connectivity index (χ1v) is 38.1. The summed E-state index contributed by atoms with van der Waals surface area (Å²) >= 11 is 4.16. The van der Waals surface area contributed by atoms with E-state index in [1.807, 2.05) is 5.79 Å². The molecule has 0 aliphatic carbocycles. The van der Waals surface area contributed by atoms with Gasteiger partial charge < -0.3 is 0 Å². The summed E-state index contributed by atoms with van der Waals surface area (Å²) in [5.74, 6) is 0. The van der Waals surface area contributed by atoms with Gasteiger partial charge in [0.25, 0.3) is 0 Å². The SMILES string of the molecule is CCCCCCc1[c]([Sn]([CH3])([CH3])[CH3])sc2cc(/C=C/c3cc4s[c]([Sn]([CH3])([CH3])[CH3])c(CCCCCC)c4s3)sc12. The molecule has 0 bridgehead atoms. The molecule has 208 valence electrons. The molecule has 4 aromatic rings. The van der Waals surface area contributed by atoms with Gasteiger partial charge >= 0.3 is 260 Å². The quantitative estimate of drug-likeness (QED) is 0.0881. The molecule has 0 aromatic carbocycles. The second-order valence-corrected chi connectivity index (χ2v) is 47.8. The van der Waals surface area contributed by atoms with E-state index in [-0.39, 0.29) is 0 Å². The number of hydrogen-bond donors (Lipinski definition) is 0. The van der Waals surface area contributed by atoms with Crippen LogP contribution < -0.4 is 5.79 Å². The summed E-state index contributed by atoms with van der Waals surface area (Å²) in [7, 11) is 0. The normalized spacial score (nSPS) is 13.2. The summed E-state index contributed by atoms with van der Waals surface area (Å²) in [5.41, 5.74) is 3.47. The van der Waals surface area contributed by atoms with E-state index in [0.717, 1.165) is 0 Å². The fourth-order valence-electron chi connectivity index (χ4n) is 5.36. The average molecular weight is 798 g/mol. The zero-order valence-electron chi connectivity index (χ0n) is 25.0. The van der Waals surface area contributed by atoms with Crippen molar-refractivity contribution in [1.29, 1.82) is 0 Å². The Bertz CT molecular complexity index is 1260. The van der Waals surface area contributed by atoms with Gasteiger partial charge in [0.1, 0.15) is 0 Å². The van der Waals surface area contributed by atoms with Crippen LogP contribution in [-0.4, -0.2) is 36.8 Å². The monoisotopic (exact) mass is 800 g/mol. The van der Waals surface area contributed by atoms with Crippen molar-refractivity contribution >= 4 is 119 Å². The van der Waals surface area contributed by atoms with Crippen LogP contribution in [0.5, 0.6) is 0 Å². The molecule has 0 saturated carbocycles. The van der Waals surface area contributed by atoms with Crippen LogP contribution in [0.25, 0.3) is 31.0 Å². The van der Waals surface area contributed by atoms with Gasteiger partial charge in [0.2, 0.25) is 0 Å². The van der Waals surface area contributed by atoms with Crippen molar-refractivity contribution < 1.29 is 0 Å². The Morgan fingerprint density at radius 2 is 0.947 bits per heavy atom. The number of aryl methyl sites for hydroxylation is 2. The minimum absolute atomic E-state index is 1.29. The van der Waals surface area contributed by atoms with Crippen molar-refractivity contribution in [2.45, 2.75) is 108 Å². The number of unbranched alkanes of at least 4 members (excludes halogenated alkanes) is 6. The third kappa shape index (κ3) is 7.73. The molecule has 0 fully saturated rings. The van der Waals surface area contributed by atoms with E-state index >= 15 is 0 Å². The molecule has 0 spiro atoms. The number of thiophene rings is 4. The summed E-state index contributed by atoms with van der Waals surface area (Å²) in [4.78, 5) is 18.4. The second-order valence-electron chi connectivity index (χ2n) is 13.0. The van der Waals surface area contributed by atoms with Gasteiger partial charge in [0.15, 0.2) is 0 Å². The fraction of sp³-hybridized carbons (Fsp3) is 0.562. The third-order valence-electron chi connectivity index (χ3n) is 7.29. The Balaban J connectivity index is 1.59. The summed E-state index contributed by atoms with van der Waals surface area (Å²) in [6.07, 6.45) is 18.2. The molecule has 0 amide bonds. The van der Waals surface area contributed by atoms with E-state index in [1.54, 1.807) is 29.9 Å². The van der Waals surface area contributed by atoms with E-state index in [0.29, 0.717) is 0 Å². The molecule has 0 radical (unpaired) electrons. The molecular weight excluding hydrogens is 750 g/mol. The molecule has 0 aliphatic rings. The first-order valence-electron chi connectivity index (χ1n) is 14.8. The topological polar surface area (TPSA) is 0 Å². The van der Waals surface area contributed by atoms with Crippen molar-refractivity contribution in [3.05, 3.63) is 33.0 Å². The maximum atomic E-state index is 2.59. The molecule has 0 unspecified atom stereocenters. The van der Waals surface area contributed by atoms with E-state index in [4.69, 9.17) is 0 Å². The van der Waals surface area contributed by atoms with Gasteiger partial charge in [-0.1, -0.05) is 0 Å². The van der Waals surface area contributed by atoms with Crippen LogP contribution in [0.4, 0.5) is 0 Å².